The van der Waals surface area contributed by atoms with E-state index in [-0.39, 0.29) is 0 Å². The number of hydrogen-bond acceptors (Lipinski definition) is 3. The van der Waals surface area contributed by atoms with Crippen LogP contribution in [0.25, 0.3) is 0 Å². The van der Waals surface area contributed by atoms with Gasteiger partial charge in [0.25, 0.3) is 0 Å². The van der Waals surface area contributed by atoms with Crippen molar-refractivity contribution < 1.29 is 4.74 Å². The van der Waals surface area contributed by atoms with E-state index in [4.69, 9.17) is 10.5 Å². The number of hydrogen-bond donors (Lipinski definition) is 2. The van der Waals surface area contributed by atoms with Crippen LogP contribution in [0.2, 0.25) is 0 Å². The normalized spacial score (nSPS) is 27.8. The van der Waals surface area contributed by atoms with Gasteiger partial charge in [-0.2, -0.15) is 0 Å². The Bertz CT molecular complexity index is 167. The molecule has 1 unspecified atom stereocenters. The summed E-state index contributed by atoms with van der Waals surface area (Å²) in [6.07, 6.45) is 3.91. The van der Waals surface area contributed by atoms with Crippen molar-refractivity contribution in [2.75, 3.05) is 13.2 Å². The fourth-order valence-electron chi connectivity index (χ4n) is 2.11. The zero-order valence-corrected chi connectivity index (χ0v) is 10.3. The molecule has 0 aromatic rings. The Hall–Kier alpha value is -0.120. The van der Waals surface area contributed by atoms with E-state index < -0.39 is 0 Å². The highest BCUT2D eigenvalue weighted by atomic mass is 16.5. The van der Waals surface area contributed by atoms with Crippen molar-refractivity contribution in [1.82, 2.24) is 5.32 Å². The standard InChI is InChI=1S/C12H26N2O/c1-4-15-12-6-11(7-12)14-8-10(13)5-9(2)3/h9-12,14H,4-8,13H2,1-3H3. The molecule has 3 nitrogen and oxygen atoms in total. The van der Waals surface area contributed by atoms with Gasteiger partial charge in [0.05, 0.1) is 6.10 Å². The van der Waals surface area contributed by atoms with Crippen LogP contribution in [0.4, 0.5) is 0 Å². The Morgan fingerprint density at radius 3 is 2.60 bits per heavy atom. The Balaban J connectivity index is 1.98. The van der Waals surface area contributed by atoms with E-state index in [1.54, 1.807) is 0 Å². The average molecular weight is 214 g/mol. The molecule has 1 saturated carbocycles. The highest BCUT2D eigenvalue weighted by Crippen LogP contribution is 2.23. The molecule has 0 aromatic carbocycles. The summed E-state index contributed by atoms with van der Waals surface area (Å²) in [7, 11) is 0. The number of ether oxygens (including phenoxy) is 1. The van der Waals surface area contributed by atoms with Crippen LogP contribution < -0.4 is 11.1 Å². The molecule has 3 N–H and O–H groups in total. The van der Waals surface area contributed by atoms with Crippen molar-refractivity contribution in [3.8, 4) is 0 Å². The molecule has 1 aliphatic rings. The predicted octanol–water partition coefficient (Wildman–Crippen LogP) is 1.52. The maximum atomic E-state index is 6.00. The second-order valence-electron chi connectivity index (χ2n) is 5.04. The van der Waals surface area contributed by atoms with Crippen molar-refractivity contribution in [2.24, 2.45) is 11.7 Å². The number of rotatable bonds is 7. The fourth-order valence-corrected chi connectivity index (χ4v) is 2.11. The summed E-state index contributed by atoms with van der Waals surface area (Å²) < 4.78 is 5.51. The molecule has 15 heavy (non-hydrogen) atoms. The average Bonchev–Trinajstić information content (AvgIpc) is 2.07. The second kappa shape index (κ2) is 6.46. The van der Waals surface area contributed by atoms with Gasteiger partial charge in [0, 0.05) is 25.2 Å². The van der Waals surface area contributed by atoms with E-state index in [9.17, 15) is 0 Å². The maximum Gasteiger partial charge on any atom is 0.0604 e. The van der Waals surface area contributed by atoms with Crippen molar-refractivity contribution in [3.63, 3.8) is 0 Å². The van der Waals surface area contributed by atoms with Crippen molar-refractivity contribution in [3.05, 3.63) is 0 Å². The molecule has 0 radical (unpaired) electrons. The molecule has 0 aliphatic heterocycles. The monoisotopic (exact) mass is 214 g/mol. The van der Waals surface area contributed by atoms with E-state index in [2.05, 4.69) is 26.1 Å². The van der Waals surface area contributed by atoms with Gasteiger partial charge in [-0.3, -0.25) is 0 Å². The van der Waals surface area contributed by atoms with Gasteiger partial charge in [-0.15, -0.1) is 0 Å². The van der Waals surface area contributed by atoms with Gasteiger partial charge >= 0.3 is 0 Å². The van der Waals surface area contributed by atoms with Crippen LogP contribution in [0.3, 0.4) is 0 Å². The molecule has 0 bridgehead atoms. The highest BCUT2D eigenvalue weighted by Gasteiger charge is 2.29. The summed E-state index contributed by atoms with van der Waals surface area (Å²) in [6, 6.07) is 0.941. The topological polar surface area (TPSA) is 47.3 Å². The van der Waals surface area contributed by atoms with E-state index in [0.717, 1.165) is 32.4 Å². The Morgan fingerprint density at radius 1 is 1.40 bits per heavy atom. The van der Waals surface area contributed by atoms with Crippen LogP contribution >= 0.6 is 0 Å². The summed E-state index contributed by atoms with van der Waals surface area (Å²) in [5.41, 5.74) is 6.00. The molecule has 1 fully saturated rings. The first-order valence-corrected chi connectivity index (χ1v) is 6.22. The molecular formula is C12H26N2O. The van der Waals surface area contributed by atoms with Gasteiger partial charge in [0.1, 0.15) is 0 Å². The van der Waals surface area contributed by atoms with Crippen LogP contribution in [-0.2, 0) is 4.74 Å². The zero-order valence-electron chi connectivity index (χ0n) is 10.3. The third kappa shape index (κ3) is 4.96. The summed E-state index contributed by atoms with van der Waals surface area (Å²) in [4.78, 5) is 0. The van der Waals surface area contributed by atoms with Crippen LogP contribution in [0.15, 0.2) is 0 Å². The lowest BCUT2D eigenvalue weighted by Crippen LogP contribution is -2.49. The van der Waals surface area contributed by atoms with Crippen molar-refractivity contribution in [2.45, 2.75) is 58.2 Å². The summed E-state index contributed by atoms with van der Waals surface area (Å²) in [5.74, 6) is 0.694. The molecule has 0 heterocycles. The molecule has 1 atom stereocenters. The fraction of sp³-hybridized carbons (Fsp3) is 1.00. The molecule has 0 aromatic heterocycles. The van der Waals surface area contributed by atoms with Crippen LogP contribution in [0, 0.1) is 5.92 Å². The quantitative estimate of drug-likeness (QED) is 0.675. The first-order chi connectivity index (χ1) is 7.11. The lowest BCUT2D eigenvalue weighted by Gasteiger charge is -2.36. The van der Waals surface area contributed by atoms with Gasteiger partial charge in [-0.05, 0) is 32.1 Å². The Labute approximate surface area is 93.8 Å². The molecular weight excluding hydrogens is 188 g/mol. The van der Waals surface area contributed by atoms with Gasteiger partial charge in [0.2, 0.25) is 0 Å². The number of nitrogens with two attached hydrogens (primary N) is 1. The second-order valence-corrected chi connectivity index (χ2v) is 5.04. The Kier molecular flexibility index (Phi) is 5.58. The van der Waals surface area contributed by atoms with Crippen molar-refractivity contribution >= 4 is 0 Å². The lowest BCUT2D eigenvalue weighted by molar-refractivity contribution is -0.0101. The highest BCUT2D eigenvalue weighted by molar-refractivity contribution is 4.86. The minimum absolute atomic E-state index is 0.302. The van der Waals surface area contributed by atoms with E-state index in [1.807, 2.05) is 0 Å². The van der Waals surface area contributed by atoms with Gasteiger partial charge in [0.15, 0.2) is 0 Å². The van der Waals surface area contributed by atoms with Gasteiger partial charge in [-0.1, -0.05) is 13.8 Å². The van der Waals surface area contributed by atoms with E-state index in [0.29, 0.717) is 24.1 Å². The predicted molar refractivity (Wildman–Crippen MR) is 63.9 cm³/mol. The van der Waals surface area contributed by atoms with Gasteiger partial charge in [-0.25, -0.2) is 0 Å². The minimum Gasteiger partial charge on any atom is -0.378 e. The molecule has 1 aliphatic carbocycles. The van der Waals surface area contributed by atoms with Gasteiger partial charge < -0.3 is 15.8 Å². The summed E-state index contributed by atoms with van der Waals surface area (Å²) >= 11 is 0. The largest absolute Gasteiger partial charge is 0.378 e. The first kappa shape index (κ1) is 12.9. The first-order valence-electron chi connectivity index (χ1n) is 6.22. The Morgan fingerprint density at radius 2 is 2.07 bits per heavy atom. The summed E-state index contributed by atoms with van der Waals surface area (Å²) in [5, 5.41) is 3.51. The molecule has 0 saturated heterocycles. The number of nitrogens with one attached hydrogen (secondary N) is 1. The summed E-state index contributed by atoms with van der Waals surface area (Å²) in [6.45, 7) is 8.27. The molecule has 0 spiro atoms. The SMILES string of the molecule is CCOC1CC(NCC(N)CC(C)C)C1. The van der Waals surface area contributed by atoms with Crippen LogP contribution in [0.5, 0.6) is 0 Å². The third-order valence-corrected chi connectivity index (χ3v) is 2.94. The third-order valence-electron chi connectivity index (χ3n) is 2.94. The zero-order chi connectivity index (χ0) is 11.3. The smallest absolute Gasteiger partial charge is 0.0604 e. The van der Waals surface area contributed by atoms with Crippen LogP contribution in [0.1, 0.15) is 40.0 Å². The van der Waals surface area contributed by atoms with Crippen LogP contribution in [-0.4, -0.2) is 31.3 Å². The van der Waals surface area contributed by atoms with E-state index >= 15 is 0 Å². The lowest BCUT2D eigenvalue weighted by atomic mass is 9.89. The molecule has 0 amide bonds. The molecule has 1 rings (SSSR count). The maximum absolute atomic E-state index is 6.00. The molecule has 3 heteroatoms. The molecule has 90 valence electrons. The van der Waals surface area contributed by atoms with Crippen molar-refractivity contribution in [1.29, 1.82) is 0 Å². The minimum atomic E-state index is 0.302. The van der Waals surface area contributed by atoms with E-state index in [1.165, 1.54) is 0 Å².